The van der Waals surface area contributed by atoms with Gasteiger partial charge in [0.15, 0.2) is 0 Å². The summed E-state index contributed by atoms with van der Waals surface area (Å²) >= 11 is 6.10. The Kier molecular flexibility index (Phi) is 4.94. The van der Waals surface area contributed by atoms with Gasteiger partial charge in [0.2, 0.25) is 0 Å². The van der Waals surface area contributed by atoms with E-state index in [1.165, 1.54) is 31.6 Å². The van der Waals surface area contributed by atoms with Crippen molar-refractivity contribution >= 4 is 23.0 Å². The summed E-state index contributed by atoms with van der Waals surface area (Å²) in [4.78, 5) is 4.52. The quantitative estimate of drug-likeness (QED) is 0.915. The van der Waals surface area contributed by atoms with Crippen LogP contribution in [0.5, 0.6) is 0 Å². The van der Waals surface area contributed by atoms with E-state index >= 15 is 0 Å². The van der Waals surface area contributed by atoms with Crippen LogP contribution in [0.2, 0.25) is 5.02 Å². The van der Waals surface area contributed by atoms with Gasteiger partial charge in [-0.2, -0.15) is 0 Å². The number of likely N-dealkylation sites (tertiary alicyclic amines) is 1. The minimum atomic E-state index is 0.769. The van der Waals surface area contributed by atoms with Crippen molar-refractivity contribution in [1.82, 2.24) is 4.90 Å². The molecule has 1 aliphatic rings. The lowest BCUT2D eigenvalue weighted by atomic mass is 9.97. The Morgan fingerprint density at radius 1 is 1.32 bits per heavy atom. The summed E-state index contributed by atoms with van der Waals surface area (Å²) in [5, 5.41) is 4.36. The molecule has 0 aromatic heterocycles. The van der Waals surface area contributed by atoms with E-state index in [-0.39, 0.29) is 0 Å². The molecule has 1 fully saturated rings. The average molecular weight is 282 g/mol. The van der Waals surface area contributed by atoms with Crippen molar-refractivity contribution in [1.29, 1.82) is 0 Å². The molecular weight excluding hydrogens is 258 g/mol. The van der Waals surface area contributed by atoms with Gasteiger partial charge in [0.05, 0.1) is 11.4 Å². The van der Waals surface area contributed by atoms with Gasteiger partial charge in [-0.1, -0.05) is 11.6 Å². The van der Waals surface area contributed by atoms with E-state index < -0.39 is 0 Å². The maximum Gasteiger partial charge on any atom is 0.0597 e. The van der Waals surface area contributed by atoms with E-state index in [9.17, 15) is 0 Å². The summed E-state index contributed by atoms with van der Waals surface area (Å²) in [6, 6.07) is 6.03. The van der Waals surface area contributed by atoms with Crippen LogP contribution in [0.4, 0.5) is 11.4 Å². The highest BCUT2D eigenvalue weighted by molar-refractivity contribution is 6.31. The monoisotopic (exact) mass is 281 g/mol. The normalized spacial score (nSPS) is 17.5. The first-order valence-electron chi connectivity index (χ1n) is 6.95. The minimum Gasteiger partial charge on any atom is -0.383 e. The maximum absolute atomic E-state index is 6.10. The SMILES string of the molecule is CN1CCC(CNc2cc(Cl)ccc2N(C)C)CC1. The number of nitrogens with one attached hydrogen (secondary N) is 1. The first-order chi connectivity index (χ1) is 9.06. The lowest BCUT2D eigenvalue weighted by Gasteiger charge is -2.29. The molecule has 0 spiro atoms. The summed E-state index contributed by atoms with van der Waals surface area (Å²) in [6.45, 7) is 3.46. The van der Waals surface area contributed by atoms with Gasteiger partial charge in [-0.25, -0.2) is 0 Å². The number of piperidine rings is 1. The minimum absolute atomic E-state index is 0.769. The summed E-state index contributed by atoms with van der Waals surface area (Å²) in [5.74, 6) is 0.769. The molecule has 0 atom stereocenters. The lowest BCUT2D eigenvalue weighted by molar-refractivity contribution is 0.226. The Balaban J connectivity index is 1.97. The molecule has 2 rings (SSSR count). The fraction of sp³-hybridized carbons (Fsp3) is 0.600. The van der Waals surface area contributed by atoms with Crippen molar-refractivity contribution in [2.75, 3.05) is 51.0 Å². The van der Waals surface area contributed by atoms with Crippen LogP contribution in [0.3, 0.4) is 0 Å². The second kappa shape index (κ2) is 6.49. The van der Waals surface area contributed by atoms with Crippen molar-refractivity contribution in [2.45, 2.75) is 12.8 Å². The number of benzene rings is 1. The third-order valence-corrected chi connectivity index (χ3v) is 4.09. The largest absolute Gasteiger partial charge is 0.383 e. The van der Waals surface area contributed by atoms with Crippen LogP contribution >= 0.6 is 11.6 Å². The van der Waals surface area contributed by atoms with Crippen molar-refractivity contribution in [3.63, 3.8) is 0 Å². The highest BCUT2D eigenvalue weighted by Gasteiger charge is 2.16. The number of hydrogen-bond acceptors (Lipinski definition) is 3. The summed E-state index contributed by atoms with van der Waals surface area (Å²) < 4.78 is 0. The molecule has 1 aromatic carbocycles. The molecule has 1 aromatic rings. The van der Waals surface area contributed by atoms with Crippen molar-refractivity contribution in [3.05, 3.63) is 23.2 Å². The fourth-order valence-electron chi connectivity index (χ4n) is 2.56. The number of rotatable bonds is 4. The molecule has 1 aliphatic heterocycles. The number of nitrogens with zero attached hydrogens (tertiary/aromatic N) is 2. The summed E-state index contributed by atoms with van der Waals surface area (Å²) in [7, 11) is 6.32. The zero-order chi connectivity index (χ0) is 13.8. The second-order valence-electron chi connectivity index (χ2n) is 5.68. The number of hydrogen-bond donors (Lipinski definition) is 1. The Hall–Kier alpha value is -0.930. The van der Waals surface area contributed by atoms with E-state index in [1.54, 1.807) is 0 Å². The van der Waals surface area contributed by atoms with E-state index in [0.29, 0.717) is 0 Å². The average Bonchev–Trinajstić information content (AvgIpc) is 2.38. The second-order valence-corrected chi connectivity index (χ2v) is 6.12. The smallest absolute Gasteiger partial charge is 0.0597 e. The zero-order valence-corrected chi connectivity index (χ0v) is 12.9. The van der Waals surface area contributed by atoms with Crippen LogP contribution in [0.1, 0.15) is 12.8 Å². The predicted octanol–water partition coefficient (Wildman–Crippen LogP) is 3.16. The molecule has 0 saturated carbocycles. The van der Waals surface area contributed by atoms with Crippen LogP contribution in [0.25, 0.3) is 0 Å². The molecule has 1 saturated heterocycles. The third kappa shape index (κ3) is 4.02. The molecule has 4 heteroatoms. The fourth-order valence-corrected chi connectivity index (χ4v) is 2.73. The van der Waals surface area contributed by atoms with Crippen LogP contribution in [0, 0.1) is 5.92 Å². The molecule has 1 heterocycles. The molecule has 0 unspecified atom stereocenters. The lowest BCUT2D eigenvalue weighted by Crippen LogP contribution is -2.33. The van der Waals surface area contributed by atoms with Gasteiger partial charge in [0.1, 0.15) is 0 Å². The molecule has 3 nitrogen and oxygen atoms in total. The Morgan fingerprint density at radius 3 is 2.63 bits per heavy atom. The molecule has 0 bridgehead atoms. The Bertz CT molecular complexity index is 412. The molecule has 0 amide bonds. The van der Waals surface area contributed by atoms with Crippen LogP contribution in [-0.2, 0) is 0 Å². The Labute approximate surface area is 121 Å². The summed E-state index contributed by atoms with van der Waals surface area (Å²) in [6.07, 6.45) is 2.56. The molecular formula is C15H24ClN3. The first-order valence-corrected chi connectivity index (χ1v) is 7.33. The highest BCUT2D eigenvalue weighted by Crippen LogP contribution is 2.28. The van der Waals surface area contributed by atoms with Gasteiger partial charge < -0.3 is 15.1 Å². The van der Waals surface area contributed by atoms with E-state index in [2.05, 4.69) is 42.3 Å². The van der Waals surface area contributed by atoms with Crippen LogP contribution < -0.4 is 10.2 Å². The van der Waals surface area contributed by atoms with Gasteiger partial charge >= 0.3 is 0 Å². The third-order valence-electron chi connectivity index (χ3n) is 3.86. The number of halogens is 1. The van der Waals surface area contributed by atoms with Crippen molar-refractivity contribution in [2.24, 2.45) is 5.92 Å². The molecule has 1 N–H and O–H groups in total. The standard InChI is InChI=1S/C15H24ClN3/c1-18(2)15-5-4-13(16)10-14(15)17-11-12-6-8-19(3)9-7-12/h4-5,10,12,17H,6-9,11H2,1-3H3. The molecule has 0 aliphatic carbocycles. The van der Waals surface area contributed by atoms with Gasteiger partial charge in [-0.05, 0) is 57.1 Å². The zero-order valence-electron chi connectivity index (χ0n) is 12.1. The van der Waals surface area contributed by atoms with E-state index in [1.807, 2.05) is 12.1 Å². The molecule has 106 valence electrons. The van der Waals surface area contributed by atoms with Crippen LogP contribution in [-0.4, -0.2) is 45.7 Å². The van der Waals surface area contributed by atoms with E-state index in [4.69, 9.17) is 11.6 Å². The van der Waals surface area contributed by atoms with Gasteiger partial charge in [-0.15, -0.1) is 0 Å². The summed E-state index contributed by atoms with van der Waals surface area (Å²) in [5.41, 5.74) is 2.33. The molecule has 0 radical (unpaired) electrons. The van der Waals surface area contributed by atoms with Gasteiger partial charge in [0, 0.05) is 25.7 Å². The first kappa shape index (κ1) is 14.5. The Morgan fingerprint density at radius 2 is 2.00 bits per heavy atom. The van der Waals surface area contributed by atoms with Gasteiger partial charge in [-0.3, -0.25) is 0 Å². The molecule has 19 heavy (non-hydrogen) atoms. The number of anilines is 2. The van der Waals surface area contributed by atoms with Gasteiger partial charge in [0.25, 0.3) is 0 Å². The van der Waals surface area contributed by atoms with Crippen LogP contribution in [0.15, 0.2) is 18.2 Å². The highest BCUT2D eigenvalue weighted by atomic mass is 35.5. The van der Waals surface area contributed by atoms with E-state index in [0.717, 1.165) is 23.2 Å². The topological polar surface area (TPSA) is 18.5 Å². The van der Waals surface area contributed by atoms with Crippen molar-refractivity contribution in [3.8, 4) is 0 Å². The maximum atomic E-state index is 6.10. The van der Waals surface area contributed by atoms with Crippen molar-refractivity contribution < 1.29 is 0 Å². The predicted molar refractivity (Wildman–Crippen MR) is 84.5 cm³/mol.